The Labute approximate surface area is 89.3 Å². The lowest BCUT2D eigenvalue weighted by molar-refractivity contribution is 0.410. The summed E-state index contributed by atoms with van der Waals surface area (Å²) in [5.41, 5.74) is -0.143. The van der Waals surface area contributed by atoms with Gasteiger partial charge in [-0.25, -0.2) is 5.10 Å². The van der Waals surface area contributed by atoms with Crippen LogP contribution in [0.2, 0.25) is 0 Å². The van der Waals surface area contributed by atoms with Gasteiger partial charge in [-0.2, -0.15) is 5.10 Å². The Hall–Kier alpha value is -1.32. The van der Waals surface area contributed by atoms with Gasteiger partial charge in [0.1, 0.15) is 5.82 Å². The van der Waals surface area contributed by atoms with E-state index in [4.69, 9.17) is 0 Å². The third-order valence-electron chi connectivity index (χ3n) is 3.12. The van der Waals surface area contributed by atoms with Crippen LogP contribution in [-0.2, 0) is 0 Å². The number of aromatic nitrogens is 2. The van der Waals surface area contributed by atoms with Crippen molar-refractivity contribution >= 4 is 5.82 Å². The number of hydrogen-bond acceptors (Lipinski definition) is 3. The predicted octanol–water partition coefficient (Wildman–Crippen LogP) is 1.54. The molecule has 1 fully saturated rings. The van der Waals surface area contributed by atoms with Gasteiger partial charge in [0.2, 0.25) is 0 Å². The van der Waals surface area contributed by atoms with Crippen LogP contribution >= 0.6 is 0 Å². The van der Waals surface area contributed by atoms with E-state index in [1.54, 1.807) is 6.07 Å². The molecule has 15 heavy (non-hydrogen) atoms. The second-order valence-corrected chi connectivity index (χ2v) is 4.32. The van der Waals surface area contributed by atoms with Crippen LogP contribution in [0.5, 0.6) is 0 Å². The molecule has 2 rings (SSSR count). The van der Waals surface area contributed by atoms with Gasteiger partial charge in [-0.3, -0.25) is 4.79 Å². The van der Waals surface area contributed by atoms with Crippen molar-refractivity contribution in [3.63, 3.8) is 0 Å². The van der Waals surface area contributed by atoms with Crippen LogP contribution in [0.4, 0.5) is 5.82 Å². The van der Waals surface area contributed by atoms with Crippen molar-refractivity contribution in [2.45, 2.75) is 45.2 Å². The molecule has 4 nitrogen and oxygen atoms in total. The van der Waals surface area contributed by atoms with Crippen molar-refractivity contribution in [3.8, 4) is 0 Å². The van der Waals surface area contributed by atoms with E-state index in [9.17, 15) is 4.79 Å². The molecule has 82 valence electrons. The van der Waals surface area contributed by atoms with Gasteiger partial charge in [0.25, 0.3) is 5.56 Å². The smallest absolute Gasteiger partial charge is 0.264 e. The Morgan fingerprint density at radius 1 is 1.33 bits per heavy atom. The molecule has 0 unspecified atom stereocenters. The highest BCUT2D eigenvalue weighted by molar-refractivity contribution is 5.39. The number of piperidine rings is 1. The van der Waals surface area contributed by atoms with Crippen molar-refractivity contribution in [2.75, 3.05) is 4.90 Å². The Morgan fingerprint density at radius 2 is 2.00 bits per heavy atom. The van der Waals surface area contributed by atoms with E-state index in [2.05, 4.69) is 28.9 Å². The van der Waals surface area contributed by atoms with E-state index in [-0.39, 0.29) is 5.56 Å². The van der Waals surface area contributed by atoms with Crippen LogP contribution in [-0.4, -0.2) is 22.3 Å². The molecule has 0 aromatic carbocycles. The first-order chi connectivity index (χ1) is 7.18. The van der Waals surface area contributed by atoms with E-state index in [0.29, 0.717) is 12.1 Å². The minimum absolute atomic E-state index is 0.143. The lowest BCUT2D eigenvalue weighted by Crippen LogP contribution is -2.44. The third-order valence-corrected chi connectivity index (χ3v) is 3.12. The minimum atomic E-state index is -0.143. The fraction of sp³-hybridized carbons (Fsp3) is 0.636. The largest absolute Gasteiger partial charge is 0.350 e. The average molecular weight is 207 g/mol. The summed E-state index contributed by atoms with van der Waals surface area (Å²) in [6.45, 7) is 4.42. The monoisotopic (exact) mass is 207 g/mol. The summed E-state index contributed by atoms with van der Waals surface area (Å²) in [4.78, 5) is 13.2. The zero-order valence-electron chi connectivity index (χ0n) is 9.23. The number of anilines is 1. The number of aromatic amines is 1. The average Bonchev–Trinajstić information content (AvgIpc) is 2.20. The number of nitrogens with one attached hydrogen (secondary N) is 1. The number of hydrogen-bond donors (Lipinski definition) is 1. The summed E-state index contributed by atoms with van der Waals surface area (Å²) in [6, 6.07) is 4.35. The molecule has 1 saturated heterocycles. The van der Waals surface area contributed by atoms with Crippen LogP contribution in [0, 0.1) is 0 Å². The molecule has 1 aliphatic rings. The van der Waals surface area contributed by atoms with E-state index in [1.807, 2.05) is 0 Å². The maximum atomic E-state index is 10.9. The molecule has 1 aromatic rings. The van der Waals surface area contributed by atoms with Crippen molar-refractivity contribution < 1.29 is 0 Å². The van der Waals surface area contributed by atoms with Gasteiger partial charge < -0.3 is 4.90 Å². The first-order valence-corrected chi connectivity index (χ1v) is 5.52. The lowest BCUT2D eigenvalue weighted by Gasteiger charge is -2.39. The fourth-order valence-electron chi connectivity index (χ4n) is 2.35. The zero-order valence-corrected chi connectivity index (χ0v) is 9.23. The van der Waals surface area contributed by atoms with Crippen molar-refractivity contribution in [1.29, 1.82) is 0 Å². The molecule has 1 N–H and O–H groups in total. The predicted molar refractivity (Wildman–Crippen MR) is 60.1 cm³/mol. The van der Waals surface area contributed by atoms with E-state index in [1.165, 1.54) is 25.3 Å². The molecule has 0 radical (unpaired) electrons. The molecular formula is C11H17N3O. The van der Waals surface area contributed by atoms with Gasteiger partial charge in [-0.1, -0.05) is 0 Å². The van der Waals surface area contributed by atoms with Gasteiger partial charge in [-0.15, -0.1) is 0 Å². The standard InChI is InChI=1S/C11H17N3O/c1-8-4-3-5-9(2)14(8)10-6-7-11(15)13-12-10/h6-9H,3-5H2,1-2H3,(H,13,15)/t8-,9-/m0/s1. The quantitative estimate of drug-likeness (QED) is 0.760. The second-order valence-electron chi connectivity index (χ2n) is 4.32. The summed E-state index contributed by atoms with van der Waals surface area (Å²) in [6.07, 6.45) is 3.68. The molecule has 0 amide bonds. The Bertz CT molecular complexity index is 357. The van der Waals surface area contributed by atoms with E-state index >= 15 is 0 Å². The molecule has 4 heteroatoms. The van der Waals surface area contributed by atoms with Crippen molar-refractivity contribution in [3.05, 3.63) is 22.5 Å². The normalized spacial score (nSPS) is 26.7. The highest BCUT2D eigenvalue weighted by atomic mass is 16.1. The maximum absolute atomic E-state index is 10.9. The van der Waals surface area contributed by atoms with E-state index < -0.39 is 0 Å². The Balaban J connectivity index is 2.27. The number of H-pyrrole nitrogens is 1. The molecule has 0 saturated carbocycles. The molecule has 1 aromatic heterocycles. The van der Waals surface area contributed by atoms with Gasteiger partial charge in [0.05, 0.1) is 0 Å². The molecule has 1 aliphatic heterocycles. The topological polar surface area (TPSA) is 49.0 Å². The molecule has 0 spiro atoms. The highest BCUT2D eigenvalue weighted by Gasteiger charge is 2.25. The summed E-state index contributed by atoms with van der Waals surface area (Å²) >= 11 is 0. The van der Waals surface area contributed by atoms with Crippen LogP contribution in [0.1, 0.15) is 33.1 Å². The summed E-state index contributed by atoms with van der Waals surface area (Å²) in [5, 5.41) is 6.58. The third kappa shape index (κ3) is 2.03. The molecule has 0 bridgehead atoms. The first kappa shape index (κ1) is 10.2. The van der Waals surface area contributed by atoms with Crippen LogP contribution in [0.15, 0.2) is 16.9 Å². The zero-order chi connectivity index (χ0) is 10.8. The maximum Gasteiger partial charge on any atom is 0.264 e. The minimum Gasteiger partial charge on any atom is -0.350 e. The van der Waals surface area contributed by atoms with Crippen LogP contribution in [0.3, 0.4) is 0 Å². The van der Waals surface area contributed by atoms with Gasteiger partial charge in [-0.05, 0) is 39.2 Å². The van der Waals surface area contributed by atoms with Gasteiger partial charge >= 0.3 is 0 Å². The Morgan fingerprint density at radius 3 is 2.53 bits per heavy atom. The number of nitrogens with zero attached hydrogens (tertiary/aromatic N) is 2. The lowest BCUT2D eigenvalue weighted by atomic mass is 9.98. The van der Waals surface area contributed by atoms with E-state index in [0.717, 1.165) is 5.82 Å². The number of rotatable bonds is 1. The van der Waals surface area contributed by atoms with Gasteiger partial charge in [0.15, 0.2) is 0 Å². The summed E-state index contributed by atoms with van der Waals surface area (Å²) < 4.78 is 0. The first-order valence-electron chi connectivity index (χ1n) is 5.52. The van der Waals surface area contributed by atoms with Crippen LogP contribution in [0.25, 0.3) is 0 Å². The molecule has 0 aliphatic carbocycles. The molecule has 2 heterocycles. The molecule has 2 atom stereocenters. The van der Waals surface area contributed by atoms with Crippen molar-refractivity contribution in [1.82, 2.24) is 10.2 Å². The van der Waals surface area contributed by atoms with Crippen molar-refractivity contribution in [2.24, 2.45) is 0 Å². The summed E-state index contributed by atoms with van der Waals surface area (Å²) in [5.74, 6) is 0.884. The summed E-state index contributed by atoms with van der Waals surface area (Å²) in [7, 11) is 0. The van der Waals surface area contributed by atoms with Gasteiger partial charge in [0, 0.05) is 18.2 Å². The van der Waals surface area contributed by atoms with Crippen LogP contribution < -0.4 is 10.5 Å². The fourth-order valence-corrected chi connectivity index (χ4v) is 2.35. The highest BCUT2D eigenvalue weighted by Crippen LogP contribution is 2.26. The SMILES string of the molecule is C[C@H]1CCC[C@H](C)N1c1ccc(=O)[nH]n1. The molecular weight excluding hydrogens is 190 g/mol. The Kier molecular flexibility index (Phi) is 2.75. The second kappa shape index (κ2) is 4.04.